The zero-order valence-electron chi connectivity index (χ0n) is 14.0. The summed E-state index contributed by atoms with van der Waals surface area (Å²) in [7, 11) is 3.45. The van der Waals surface area contributed by atoms with E-state index in [2.05, 4.69) is 15.9 Å². The van der Waals surface area contributed by atoms with E-state index in [1.807, 2.05) is 48.5 Å². The number of halogens is 1. The van der Waals surface area contributed by atoms with E-state index >= 15 is 0 Å². The third-order valence-corrected chi connectivity index (χ3v) is 4.26. The van der Waals surface area contributed by atoms with Crippen LogP contribution < -0.4 is 9.47 Å². The molecule has 5 heteroatoms. The van der Waals surface area contributed by atoms with Crippen molar-refractivity contribution < 1.29 is 14.3 Å². The highest BCUT2D eigenvalue weighted by Crippen LogP contribution is 2.19. The number of carbonyl (C=O) groups excluding carboxylic acids is 1. The summed E-state index contributed by atoms with van der Waals surface area (Å²) in [6.45, 7) is 1.03. The first kappa shape index (κ1) is 18.3. The van der Waals surface area contributed by atoms with Crippen molar-refractivity contribution in [3.05, 3.63) is 58.6 Å². The van der Waals surface area contributed by atoms with Gasteiger partial charge in [0.2, 0.25) is 5.91 Å². The Balaban J connectivity index is 1.74. The molecule has 2 aromatic carbocycles. The van der Waals surface area contributed by atoms with Crippen LogP contribution in [0.15, 0.2) is 53.0 Å². The van der Waals surface area contributed by atoms with Crippen LogP contribution in [0.25, 0.3) is 0 Å². The molecule has 4 nitrogen and oxygen atoms in total. The maximum Gasteiger partial charge on any atom is 0.222 e. The largest absolute Gasteiger partial charge is 0.496 e. The van der Waals surface area contributed by atoms with Crippen LogP contribution in [-0.4, -0.2) is 38.1 Å². The van der Waals surface area contributed by atoms with Gasteiger partial charge < -0.3 is 14.4 Å². The van der Waals surface area contributed by atoms with E-state index in [4.69, 9.17) is 9.47 Å². The normalized spacial score (nSPS) is 10.3. The second kappa shape index (κ2) is 9.33. The Morgan fingerprint density at radius 2 is 1.83 bits per heavy atom. The molecule has 2 rings (SSSR count). The number of methoxy groups -OCH3 is 1. The molecule has 0 aliphatic rings. The Labute approximate surface area is 151 Å². The molecule has 0 saturated heterocycles. The predicted octanol–water partition coefficient (Wildman–Crippen LogP) is 3.93. The minimum Gasteiger partial charge on any atom is -0.496 e. The highest BCUT2D eigenvalue weighted by molar-refractivity contribution is 9.10. The lowest BCUT2D eigenvalue weighted by atomic mass is 10.1. The molecule has 0 aliphatic carbocycles. The molecular weight excluding hydrogens is 370 g/mol. The van der Waals surface area contributed by atoms with Crippen molar-refractivity contribution in [1.82, 2.24) is 4.90 Å². The number of para-hydroxylation sites is 1. The SMILES string of the molecule is COc1ccccc1CCC(=O)N(C)CCOc1ccc(Br)cc1. The number of hydrogen-bond donors (Lipinski definition) is 0. The van der Waals surface area contributed by atoms with Gasteiger partial charge in [-0.05, 0) is 42.3 Å². The summed E-state index contributed by atoms with van der Waals surface area (Å²) in [6.07, 6.45) is 1.12. The van der Waals surface area contributed by atoms with Crippen LogP contribution in [0.3, 0.4) is 0 Å². The van der Waals surface area contributed by atoms with Gasteiger partial charge in [0.1, 0.15) is 18.1 Å². The molecule has 0 heterocycles. The molecule has 0 atom stereocenters. The monoisotopic (exact) mass is 391 g/mol. The van der Waals surface area contributed by atoms with Crippen molar-refractivity contribution in [1.29, 1.82) is 0 Å². The number of hydrogen-bond acceptors (Lipinski definition) is 3. The molecule has 0 bridgehead atoms. The van der Waals surface area contributed by atoms with Gasteiger partial charge in [-0.25, -0.2) is 0 Å². The summed E-state index contributed by atoms with van der Waals surface area (Å²) in [5.74, 6) is 1.72. The standard InChI is InChI=1S/C19H22BrNO3/c1-21(13-14-24-17-10-8-16(20)9-11-17)19(22)12-7-15-5-3-4-6-18(15)23-2/h3-6,8-11H,7,12-14H2,1-2H3. The molecule has 0 spiro atoms. The lowest BCUT2D eigenvalue weighted by molar-refractivity contribution is -0.130. The van der Waals surface area contributed by atoms with Crippen molar-refractivity contribution in [3.63, 3.8) is 0 Å². The minimum absolute atomic E-state index is 0.0975. The number of aryl methyl sites for hydroxylation is 1. The van der Waals surface area contributed by atoms with Crippen molar-refractivity contribution in [2.24, 2.45) is 0 Å². The first-order chi connectivity index (χ1) is 11.6. The lowest BCUT2D eigenvalue weighted by Crippen LogP contribution is -2.31. The van der Waals surface area contributed by atoms with Gasteiger partial charge in [0.25, 0.3) is 0 Å². The number of carbonyl (C=O) groups is 1. The highest BCUT2D eigenvalue weighted by atomic mass is 79.9. The molecule has 2 aromatic rings. The topological polar surface area (TPSA) is 38.8 Å². The molecule has 128 valence electrons. The lowest BCUT2D eigenvalue weighted by Gasteiger charge is -2.18. The summed E-state index contributed by atoms with van der Waals surface area (Å²) in [5.41, 5.74) is 1.05. The van der Waals surface area contributed by atoms with Gasteiger partial charge in [0.15, 0.2) is 0 Å². The minimum atomic E-state index is 0.0975. The second-order valence-corrected chi connectivity index (χ2v) is 6.35. The van der Waals surface area contributed by atoms with Crippen molar-refractivity contribution >= 4 is 21.8 Å². The van der Waals surface area contributed by atoms with E-state index in [9.17, 15) is 4.79 Å². The summed E-state index contributed by atoms with van der Waals surface area (Å²) in [4.78, 5) is 13.9. The van der Waals surface area contributed by atoms with Gasteiger partial charge in [0, 0.05) is 17.9 Å². The summed E-state index contributed by atoms with van der Waals surface area (Å²) >= 11 is 3.39. The van der Waals surface area contributed by atoms with Crippen LogP contribution in [0, 0.1) is 0 Å². The highest BCUT2D eigenvalue weighted by Gasteiger charge is 2.10. The zero-order valence-corrected chi connectivity index (χ0v) is 15.6. The Bertz CT molecular complexity index is 658. The van der Waals surface area contributed by atoms with Gasteiger partial charge >= 0.3 is 0 Å². The number of nitrogens with zero attached hydrogens (tertiary/aromatic N) is 1. The van der Waals surface area contributed by atoms with Crippen LogP contribution >= 0.6 is 15.9 Å². The molecule has 0 aromatic heterocycles. The number of amides is 1. The van der Waals surface area contributed by atoms with Gasteiger partial charge in [-0.15, -0.1) is 0 Å². The third kappa shape index (κ3) is 5.57. The zero-order chi connectivity index (χ0) is 17.4. The van der Waals surface area contributed by atoms with Crippen molar-refractivity contribution in [2.45, 2.75) is 12.8 Å². The quantitative estimate of drug-likeness (QED) is 0.684. The van der Waals surface area contributed by atoms with Crippen molar-refractivity contribution in [3.8, 4) is 11.5 Å². The summed E-state index contributed by atoms with van der Waals surface area (Å²) in [6, 6.07) is 15.4. The smallest absolute Gasteiger partial charge is 0.222 e. The maximum absolute atomic E-state index is 12.2. The van der Waals surface area contributed by atoms with E-state index < -0.39 is 0 Å². The number of rotatable bonds is 8. The molecule has 0 fully saturated rings. The molecule has 0 radical (unpaired) electrons. The van der Waals surface area contributed by atoms with E-state index in [1.165, 1.54) is 0 Å². The number of ether oxygens (including phenoxy) is 2. The maximum atomic E-state index is 12.2. The molecule has 0 N–H and O–H groups in total. The second-order valence-electron chi connectivity index (χ2n) is 5.43. The Kier molecular flexibility index (Phi) is 7.12. The predicted molar refractivity (Wildman–Crippen MR) is 98.6 cm³/mol. The molecular formula is C19H22BrNO3. The molecule has 0 saturated carbocycles. The van der Waals surface area contributed by atoms with Crippen LogP contribution in [0.4, 0.5) is 0 Å². The van der Waals surface area contributed by atoms with Gasteiger partial charge in [0.05, 0.1) is 13.7 Å². The number of benzene rings is 2. The third-order valence-electron chi connectivity index (χ3n) is 3.74. The van der Waals surface area contributed by atoms with Crippen LogP contribution in [0.1, 0.15) is 12.0 Å². The van der Waals surface area contributed by atoms with E-state index in [0.29, 0.717) is 26.0 Å². The Morgan fingerprint density at radius 1 is 1.12 bits per heavy atom. The van der Waals surface area contributed by atoms with Gasteiger partial charge in [-0.2, -0.15) is 0 Å². The average Bonchev–Trinajstić information content (AvgIpc) is 2.61. The van der Waals surface area contributed by atoms with Crippen molar-refractivity contribution in [2.75, 3.05) is 27.3 Å². The van der Waals surface area contributed by atoms with Crippen LogP contribution in [0.5, 0.6) is 11.5 Å². The fourth-order valence-corrected chi connectivity index (χ4v) is 2.56. The first-order valence-corrected chi connectivity index (χ1v) is 8.63. The van der Waals surface area contributed by atoms with Crippen LogP contribution in [0.2, 0.25) is 0 Å². The fourth-order valence-electron chi connectivity index (χ4n) is 2.30. The van der Waals surface area contributed by atoms with Gasteiger partial charge in [-0.3, -0.25) is 4.79 Å². The van der Waals surface area contributed by atoms with E-state index in [-0.39, 0.29) is 5.91 Å². The molecule has 24 heavy (non-hydrogen) atoms. The summed E-state index contributed by atoms with van der Waals surface area (Å²) in [5, 5.41) is 0. The molecule has 0 unspecified atom stereocenters. The molecule has 1 amide bonds. The first-order valence-electron chi connectivity index (χ1n) is 7.84. The number of likely N-dealkylation sites (N-methyl/N-ethyl adjacent to an activating group) is 1. The Hall–Kier alpha value is -2.01. The fraction of sp³-hybridized carbons (Fsp3) is 0.316. The molecule has 0 aliphatic heterocycles. The van der Waals surface area contributed by atoms with Gasteiger partial charge in [-0.1, -0.05) is 34.1 Å². The summed E-state index contributed by atoms with van der Waals surface area (Å²) < 4.78 is 12.0. The van der Waals surface area contributed by atoms with Crippen LogP contribution in [-0.2, 0) is 11.2 Å². The average molecular weight is 392 g/mol. The Morgan fingerprint density at radius 3 is 2.54 bits per heavy atom. The van der Waals surface area contributed by atoms with E-state index in [1.54, 1.807) is 19.1 Å². The van der Waals surface area contributed by atoms with E-state index in [0.717, 1.165) is 21.5 Å².